The fourth-order valence-corrected chi connectivity index (χ4v) is 2.36. The molecule has 0 aliphatic rings. The van der Waals surface area contributed by atoms with Crippen LogP contribution in [0.25, 0.3) is 11.5 Å². The Morgan fingerprint density at radius 1 is 1.11 bits per heavy atom. The van der Waals surface area contributed by atoms with E-state index in [1.54, 1.807) is 0 Å². The van der Waals surface area contributed by atoms with Crippen molar-refractivity contribution in [2.24, 2.45) is 0 Å². The van der Waals surface area contributed by atoms with Gasteiger partial charge in [-0.25, -0.2) is 4.98 Å². The molecule has 0 fully saturated rings. The van der Waals surface area contributed by atoms with Crippen LogP contribution in [0.2, 0.25) is 10.0 Å². The predicted molar refractivity (Wildman–Crippen MR) is 94.0 cm³/mol. The van der Waals surface area contributed by atoms with Gasteiger partial charge in [0, 0.05) is 6.07 Å². The van der Waals surface area contributed by atoms with Gasteiger partial charge in [-0.15, -0.1) is 0 Å². The number of hydrogen-bond donors (Lipinski definition) is 2. The molecule has 1 aromatic carbocycles. The minimum absolute atomic E-state index is 0.00730. The molecule has 2 heterocycles. The molecular formula is C16H9Cl2F3N4O2. The van der Waals surface area contributed by atoms with Crippen molar-refractivity contribution in [3.63, 3.8) is 0 Å². The standard InChI is InChI=1S/C16H9Cl2F3N4O2/c17-9-3-2-8(5-10(9)18)27-12-13(16(19,20)21)24-14(25-15(12)26)11-4-1-7(22)6-23-11/h1-6H,22H2,(H,24,25,26). The lowest BCUT2D eigenvalue weighted by atomic mass is 10.3. The second-order valence-electron chi connectivity index (χ2n) is 5.24. The van der Waals surface area contributed by atoms with Crippen molar-refractivity contribution in [1.29, 1.82) is 0 Å². The summed E-state index contributed by atoms with van der Waals surface area (Å²) in [7, 11) is 0. The van der Waals surface area contributed by atoms with E-state index in [9.17, 15) is 18.0 Å². The van der Waals surface area contributed by atoms with Gasteiger partial charge in [-0.2, -0.15) is 13.2 Å². The first-order valence-electron chi connectivity index (χ1n) is 7.21. The first-order chi connectivity index (χ1) is 12.6. The van der Waals surface area contributed by atoms with Crippen molar-refractivity contribution in [2.45, 2.75) is 6.18 Å². The van der Waals surface area contributed by atoms with E-state index in [1.165, 1.54) is 36.5 Å². The van der Waals surface area contributed by atoms with Gasteiger partial charge < -0.3 is 15.5 Å². The molecule has 3 aromatic rings. The average Bonchev–Trinajstić information content (AvgIpc) is 2.59. The molecule has 0 aliphatic heterocycles. The molecule has 0 saturated carbocycles. The van der Waals surface area contributed by atoms with Crippen LogP contribution in [0.5, 0.6) is 11.5 Å². The number of H-pyrrole nitrogens is 1. The van der Waals surface area contributed by atoms with Crippen LogP contribution in [-0.2, 0) is 6.18 Å². The van der Waals surface area contributed by atoms with E-state index in [0.29, 0.717) is 5.69 Å². The number of aromatic amines is 1. The second kappa shape index (κ2) is 7.09. The Kier molecular flexibility index (Phi) is 4.99. The van der Waals surface area contributed by atoms with E-state index in [0.717, 1.165) is 0 Å². The molecule has 0 spiro atoms. The number of halogens is 5. The van der Waals surface area contributed by atoms with E-state index in [2.05, 4.69) is 15.0 Å². The largest absolute Gasteiger partial charge is 0.449 e. The molecule has 0 amide bonds. The zero-order chi connectivity index (χ0) is 19.8. The van der Waals surface area contributed by atoms with Crippen LogP contribution in [0, 0.1) is 0 Å². The third-order valence-electron chi connectivity index (χ3n) is 3.29. The SMILES string of the molecule is Nc1ccc(-c2nc(C(F)(F)F)c(Oc3ccc(Cl)c(Cl)c3)c(=O)[nH]2)nc1. The predicted octanol–water partition coefficient (Wildman–Crippen LogP) is 4.53. The number of ether oxygens (including phenoxy) is 1. The highest BCUT2D eigenvalue weighted by Crippen LogP contribution is 2.36. The fraction of sp³-hybridized carbons (Fsp3) is 0.0625. The fourth-order valence-electron chi connectivity index (χ4n) is 2.07. The van der Waals surface area contributed by atoms with Gasteiger partial charge in [0.1, 0.15) is 11.4 Å². The van der Waals surface area contributed by atoms with Crippen LogP contribution in [0.4, 0.5) is 18.9 Å². The van der Waals surface area contributed by atoms with Gasteiger partial charge in [0.05, 0.1) is 21.9 Å². The number of hydrogen-bond acceptors (Lipinski definition) is 5. The lowest BCUT2D eigenvalue weighted by molar-refractivity contribution is -0.142. The number of rotatable bonds is 3. The summed E-state index contributed by atoms with van der Waals surface area (Å²) in [6.07, 6.45) is -3.73. The van der Waals surface area contributed by atoms with E-state index >= 15 is 0 Å². The number of alkyl halides is 3. The molecule has 0 unspecified atom stereocenters. The van der Waals surface area contributed by atoms with Gasteiger partial charge in [0.25, 0.3) is 5.56 Å². The topological polar surface area (TPSA) is 93.9 Å². The Labute approximate surface area is 159 Å². The van der Waals surface area contributed by atoms with E-state index in [4.69, 9.17) is 33.7 Å². The summed E-state index contributed by atoms with van der Waals surface area (Å²) < 4.78 is 45.5. The highest BCUT2D eigenvalue weighted by Gasteiger charge is 2.39. The minimum Gasteiger partial charge on any atom is -0.449 e. The highest BCUT2D eigenvalue weighted by atomic mass is 35.5. The Bertz CT molecular complexity index is 1050. The van der Waals surface area contributed by atoms with Crippen molar-refractivity contribution < 1.29 is 17.9 Å². The Hall–Kier alpha value is -2.78. The number of pyridine rings is 1. The molecule has 0 aliphatic carbocycles. The Morgan fingerprint density at radius 3 is 2.44 bits per heavy atom. The molecular weight excluding hydrogens is 408 g/mol. The molecule has 2 aromatic heterocycles. The molecule has 0 atom stereocenters. The molecule has 0 saturated heterocycles. The van der Waals surface area contributed by atoms with E-state index in [-0.39, 0.29) is 27.3 Å². The molecule has 0 radical (unpaired) electrons. The molecule has 6 nitrogen and oxygen atoms in total. The van der Waals surface area contributed by atoms with Gasteiger partial charge in [-0.3, -0.25) is 9.78 Å². The number of nitrogen functional groups attached to an aromatic ring is 1. The van der Waals surface area contributed by atoms with Gasteiger partial charge in [0.2, 0.25) is 5.75 Å². The van der Waals surface area contributed by atoms with Crippen LogP contribution in [0.3, 0.4) is 0 Å². The third-order valence-corrected chi connectivity index (χ3v) is 4.02. The Morgan fingerprint density at radius 2 is 1.85 bits per heavy atom. The maximum absolute atomic E-state index is 13.5. The summed E-state index contributed by atoms with van der Waals surface area (Å²) in [5, 5.41) is 0.228. The highest BCUT2D eigenvalue weighted by molar-refractivity contribution is 6.42. The molecule has 140 valence electrons. The van der Waals surface area contributed by atoms with Crippen LogP contribution in [0.1, 0.15) is 5.69 Å². The zero-order valence-corrected chi connectivity index (χ0v) is 14.7. The van der Waals surface area contributed by atoms with Gasteiger partial charge in [-0.1, -0.05) is 23.2 Å². The number of nitrogens with two attached hydrogens (primary N) is 1. The zero-order valence-electron chi connectivity index (χ0n) is 13.1. The molecule has 11 heteroatoms. The summed E-state index contributed by atoms with van der Waals surface area (Å²) in [6, 6.07) is 6.51. The van der Waals surface area contributed by atoms with Gasteiger partial charge in [0.15, 0.2) is 11.5 Å². The monoisotopic (exact) mass is 416 g/mol. The lowest BCUT2D eigenvalue weighted by Crippen LogP contribution is -2.21. The molecule has 3 rings (SSSR count). The number of nitrogens with zero attached hydrogens (tertiary/aromatic N) is 2. The van der Waals surface area contributed by atoms with Crippen molar-refractivity contribution in [1.82, 2.24) is 15.0 Å². The van der Waals surface area contributed by atoms with Gasteiger partial charge in [-0.05, 0) is 24.3 Å². The van der Waals surface area contributed by atoms with Crippen LogP contribution in [0.15, 0.2) is 41.3 Å². The number of aromatic nitrogens is 3. The number of benzene rings is 1. The number of anilines is 1. The molecule has 3 N–H and O–H groups in total. The minimum atomic E-state index is -4.96. The smallest absolute Gasteiger partial charge is 0.437 e. The lowest BCUT2D eigenvalue weighted by Gasteiger charge is -2.13. The van der Waals surface area contributed by atoms with Crippen molar-refractivity contribution in [3.8, 4) is 23.0 Å². The maximum atomic E-state index is 13.5. The summed E-state index contributed by atoms with van der Waals surface area (Å²) in [5.74, 6) is -1.52. The summed E-state index contributed by atoms with van der Waals surface area (Å²) in [4.78, 5) is 21.8. The first-order valence-corrected chi connectivity index (χ1v) is 7.97. The van der Waals surface area contributed by atoms with Crippen LogP contribution >= 0.6 is 23.2 Å². The van der Waals surface area contributed by atoms with Crippen molar-refractivity contribution in [2.75, 3.05) is 5.73 Å². The summed E-state index contributed by atoms with van der Waals surface area (Å²) in [6.45, 7) is 0. The normalized spacial score (nSPS) is 11.4. The average molecular weight is 417 g/mol. The van der Waals surface area contributed by atoms with E-state index in [1.807, 2.05) is 0 Å². The first kappa shape index (κ1) is 19.0. The van der Waals surface area contributed by atoms with E-state index < -0.39 is 23.2 Å². The quantitative estimate of drug-likeness (QED) is 0.653. The van der Waals surface area contributed by atoms with Gasteiger partial charge >= 0.3 is 6.18 Å². The third kappa shape index (κ3) is 4.15. The molecule has 0 bridgehead atoms. The Balaban J connectivity index is 2.11. The molecule has 27 heavy (non-hydrogen) atoms. The second-order valence-corrected chi connectivity index (χ2v) is 6.06. The van der Waals surface area contributed by atoms with Crippen molar-refractivity contribution in [3.05, 3.63) is 62.6 Å². The van der Waals surface area contributed by atoms with Crippen molar-refractivity contribution >= 4 is 28.9 Å². The van der Waals surface area contributed by atoms with Crippen LogP contribution < -0.4 is 16.0 Å². The number of nitrogens with one attached hydrogen (secondary N) is 1. The maximum Gasteiger partial charge on any atom is 0.437 e. The summed E-state index contributed by atoms with van der Waals surface area (Å²) in [5.41, 5.74) is 3.15. The van der Waals surface area contributed by atoms with Crippen LogP contribution in [-0.4, -0.2) is 15.0 Å². The summed E-state index contributed by atoms with van der Waals surface area (Å²) >= 11 is 11.6.